The Morgan fingerprint density at radius 3 is 2.56 bits per heavy atom. The third-order valence-electron chi connectivity index (χ3n) is 3.76. The van der Waals surface area contributed by atoms with Crippen LogP contribution in [0.2, 0.25) is 0 Å². The molecule has 8 heteroatoms. The molecule has 0 atom stereocenters. The standard InChI is InChI=1S/C17H17NO4S3/c1-11-5-6-12(16(19)20)10-15(11)25(21,22)18-14-4-2-3-13(9-14)17-23-7-8-24-17/h2-6,9-10,17-18H,7-8H2,1H3,(H,19,20). The van der Waals surface area contributed by atoms with Crippen molar-refractivity contribution in [3.05, 3.63) is 59.2 Å². The maximum atomic E-state index is 12.7. The Kier molecular flexibility index (Phi) is 5.31. The predicted molar refractivity (Wildman–Crippen MR) is 103 cm³/mol. The van der Waals surface area contributed by atoms with Crippen LogP contribution in [0.15, 0.2) is 47.4 Å². The second-order valence-electron chi connectivity index (χ2n) is 5.59. The highest BCUT2D eigenvalue weighted by molar-refractivity contribution is 8.19. The lowest BCUT2D eigenvalue weighted by atomic mass is 10.1. The first-order valence-corrected chi connectivity index (χ1v) is 11.1. The third kappa shape index (κ3) is 4.13. The van der Waals surface area contributed by atoms with Crippen LogP contribution in [0, 0.1) is 6.92 Å². The summed E-state index contributed by atoms with van der Waals surface area (Å²) in [6, 6.07) is 11.4. The van der Waals surface area contributed by atoms with E-state index in [-0.39, 0.29) is 10.5 Å². The largest absolute Gasteiger partial charge is 0.478 e. The summed E-state index contributed by atoms with van der Waals surface area (Å²) in [5.41, 5.74) is 1.99. The van der Waals surface area contributed by atoms with Gasteiger partial charge in [-0.25, -0.2) is 13.2 Å². The number of rotatable bonds is 5. The van der Waals surface area contributed by atoms with E-state index >= 15 is 0 Å². The van der Waals surface area contributed by atoms with E-state index in [2.05, 4.69) is 4.72 Å². The topological polar surface area (TPSA) is 83.5 Å². The zero-order valence-electron chi connectivity index (χ0n) is 13.4. The molecular weight excluding hydrogens is 378 g/mol. The van der Waals surface area contributed by atoms with E-state index in [1.54, 1.807) is 13.0 Å². The second-order valence-corrected chi connectivity index (χ2v) is 9.97. The van der Waals surface area contributed by atoms with Crippen LogP contribution < -0.4 is 4.72 Å². The summed E-state index contributed by atoms with van der Waals surface area (Å²) in [6.07, 6.45) is 0. The van der Waals surface area contributed by atoms with Crippen LogP contribution in [0.5, 0.6) is 0 Å². The highest BCUT2D eigenvalue weighted by Crippen LogP contribution is 2.45. The van der Waals surface area contributed by atoms with Crippen molar-refractivity contribution in [3.63, 3.8) is 0 Å². The van der Waals surface area contributed by atoms with Crippen molar-refractivity contribution < 1.29 is 18.3 Å². The fourth-order valence-electron chi connectivity index (χ4n) is 2.53. The minimum absolute atomic E-state index is 0.0255. The van der Waals surface area contributed by atoms with Gasteiger partial charge in [0.2, 0.25) is 0 Å². The van der Waals surface area contributed by atoms with E-state index in [0.717, 1.165) is 17.1 Å². The first kappa shape index (κ1) is 18.2. The van der Waals surface area contributed by atoms with E-state index in [1.165, 1.54) is 18.2 Å². The number of anilines is 1. The van der Waals surface area contributed by atoms with Gasteiger partial charge in [-0.2, -0.15) is 0 Å². The summed E-state index contributed by atoms with van der Waals surface area (Å²) in [7, 11) is -3.87. The molecule has 0 spiro atoms. The molecule has 0 radical (unpaired) electrons. The monoisotopic (exact) mass is 395 g/mol. The molecule has 0 aromatic heterocycles. The summed E-state index contributed by atoms with van der Waals surface area (Å²) in [5, 5.41) is 9.09. The Bertz CT molecular complexity index is 906. The number of carboxylic acids is 1. The van der Waals surface area contributed by atoms with Crippen molar-refractivity contribution in [1.82, 2.24) is 0 Å². The number of nitrogens with one attached hydrogen (secondary N) is 1. The second kappa shape index (κ2) is 7.31. The highest BCUT2D eigenvalue weighted by atomic mass is 32.2. The molecule has 25 heavy (non-hydrogen) atoms. The van der Waals surface area contributed by atoms with Crippen LogP contribution in [0.1, 0.15) is 26.1 Å². The van der Waals surface area contributed by atoms with E-state index in [4.69, 9.17) is 5.11 Å². The molecule has 0 unspecified atom stereocenters. The number of carboxylic acid groups (broad SMARTS) is 1. The zero-order valence-corrected chi connectivity index (χ0v) is 15.9. The van der Waals surface area contributed by atoms with Crippen molar-refractivity contribution in [1.29, 1.82) is 0 Å². The van der Waals surface area contributed by atoms with Gasteiger partial charge in [-0.15, -0.1) is 23.5 Å². The van der Waals surface area contributed by atoms with E-state index in [0.29, 0.717) is 15.8 Å². The van der Waals surface area contributed by atoms with Crippen LogP contribution in [-0.4, -0.2) is 31.0 Å². The fourth-order valence-corrected chi connectivity index (χ4v) is 6.69. The molecule has 2 aromatic carbocycles. The lowest BCUT2D eigenvalue weighted by Gasteiger charge is -2.13. The number of carbonyl (C=O) groups is 1. The molecule has 2 aromatic rings. The minimum atomic E-state index is -3.87. The molecule has 2 N–H and O–H groups in total. The molecule has 0 saturated carbocycles. The number of hydrogen-bond donors (Lipinski definition) is 2. The number of aryl methyl sites for hydroxylation is 1. The lowest BCUT2D eigenvalue weighted by molar-refractivity contribution is 0.0696. The van der Waals surface area contributed by atoms with Gasteiger partial charge in [-0.1, -0.05) is 18.2 Å². The average Bonchev–Trinajstić information content (AvgIpc) is 3.09. The van der Waals surface area contributed by atoms with Crippen LogP contribution in [0.3, 0.4) is 0 Å². The van der Waals surface area contributed by atoms with Gasteiger partial charge in [0.15, 0.2) is 0 Å². The molecule has 1 aliphatic rings. The number of benzene rings is 2. The molecule has 0 bridgehead atoms. The molecule has 1 saturated heterocycles. The molecule has 1 fully saturated rings. The molecule has 5 nitrogen and oxygen atoms in total. The predicted octanol–water partition coefficient (Wildman–Crippen LogP) is 3.97. The van der Waals surface area contributed by atoms with Gasteiger partial charge in [-0.05, 0) is 42.3 Å². The molecule has 0 amide bonds. The first-order chi connectivity index (χ1) is 11.9. The average molecular weight is 396 g/mol. The third-order valence-corrected chi connectivity index (χ3v) is 8.39. The SMILES string of the molecule is Cc1ccc(C(=O)O)cc1S(=O)(=O)Nc1cccc(C2SCCS2)c1. The number of aromatic carboxylic acids is 1. The van der Waals surface area contributed by atoms with Gasteiger partial charge in [0.25, 0.3) is 10.0 Å². The summed E-state index contributed by atoms with van der Waals surface area (Å²) in [4.78, 5) is 11.1. The van der Waals surface area contributed by atoms with Crippen molar-refractivity contribution in [2.75, 3.05) is 16.2 Å². The van der Waals surface area contributed by atoms with Crippen LogP contribution in [0.25, 0.3) is 0 Å². The smallest absolute Gasteiger partial charge is 0.335 e. The Balaban J connectivity index is 1.90. The van der Waals surface area contributed by atoms with Gasteiger partial charge < -0.3 is 5.11 Å². The van der Waals surface area contributed by atoms with E-state index < -0.39 is 16.0 Å². The van der Waals surface area contributed by atoms with Crippen molar-refractivity contribution in [2.24, 2.45) is 0 Å². The van der Waals surface area contributed by atoms with Crippen molar-refractivity contribution in [3.8, 4) is 0 Å². The Labute approximate surface area is 155 Å². The van der Waals surface area contributed by atoms with Crippen LogP contribution in [-0.2, 0) is 10.0 Å². The quantitative estimate of drug-likeness (QED) is 0.797. The normalized spacial score (nSPS) is 15.2. The van der Waals surface area contributed by atoms with E-state index in [9.17, 15) is 13.2 Å². The minimum Gasteiger partial charge on any atom is -0.478 e. The van der Waals surface area contributed by atoms with Gasteiger partial charge in [0.1, 0.15) is 0 Å². The molecule has 132 valence electrons. The highest BCUT2D eigenvalue weighted by Gasteiger charge is 2.21. The molecule has 1 aliphatic heterocycles. The van der Waals surface area contributed by atoms with Gasteiger partial charge in [0, 0.05) is 17.2 Å². The number of hydrogen-bond acceptors (Lipinski definition) is 5. The van der Waals surface area contributed by atoms with Crippen LogP contribution >= 0.6 is 23.5 Å². The first-order valence-electron chi connectivity index (χ1n) is 7.57. The summed E-state index contributed by atoms with van der Waals surface area (Å²) >= 11 is 3.69. The lowest BCUT2D eigenvalue weighted by Crippen LogP contribution is -2.15. The summed E-state index contributed by atoms with van der Waals surface area (Å²) in [6.45, 7) is 1.64. The summed E-state index contributed by atoms with van der Waals surface area (Å²) in [5.74, 6) is 1.02. The van der Waals surface area contributed by atoms with Gasteiger partial charge in [0.05, 0.1) is 15.0 Å². The molecule has 0 aliphatic carbocycles. The van der Waals surface area contributed by atoms with Crippen LogP contribution in [0.4, 0.5) is 5.69 Å². The fraction of sp³-hybridized carbons (Fsp3) is 0.235. The van der Waals surface area contributed by atoms with Crippen molar-refractivity contribution >= 4 is 45.2 Å². The molecule has 1 heterocycles. The maximum Gasteiger partial charge on any atom is 0.335 e. The van der Waals surface area contributed by atoms with Crippen molar-refractivity contribution in [2.45, 2.75) is 16.4 Å². The zero-order chi connectivity index (χ0) is 18.0. The number of thioether (sulfide) groups is 2. The Morgan fingerprint density at radius 1 is 1.16 bits per heavy atom. The molecule has 3 rings (SSSR count). The van der Waals surface area contributed by atoms with Gasteiger partial charge in [-0.3, -0.25) is 4.72 Å². The molecular formula is C17H17NO4S3. The van der Waals surface area contributed by atoms with Gasteiger partial charge >= 0.3 is 5.97 Å². The number of sulfonamides is 1. The van der Waals surface area contributed by atoms with E-state index in [1.807, 2.05) is 41.7 Å². The Hall–Kier alpha value is -1.64. The summed E-state index contributed by atoms with van der Waals surface area (Å²) < 4.78 is 28.3. The maximum absolute atomic E-state index is 12.7. The Morgan fingerprint density at radius 2 is 1.88 bits per heavy atom.